The molecule has 0 atom stereocenters. The molecule has 2 amide bonds. The van der Waals surface area contributed by atoms with Crippen molar-refractivity contribution in [2.45, 2.75) is 32.6 Å². The number of carbonyl (C=O) groups excluding carboxylic acids is 2. The molecule has 152 valence electrons. The van der Waals surface area contributed by atoms with E-state index in [4.69, 9.17) is 0 Å². The zero-order valence-electron chi connectivity index (χ0n) is 16.4. The number of amides is 2. The van der Waals surface area contributed by atoms with Gasteiger partial charge in [0.25, 0.3) is 0 Å². The summed E-state index contributed by atoms with van der Waals surface area (Å²) in [5, 5.41) is 3.01. The first-order valence-electron chi connectivity index (χ1n) is 10.0. The highest BCUT2D eigenvalue weighted by Crippen LogP contribution is 2.56. The van der Waals surface area contributed by atoms with E-state index in [1.807, 2.05) is 4.90 Å². The van der Waals surface area contributed by atoms with Gasteiger partial charge in [0.1, 0.15) is 11.6 Å². The van der Waals surface area contributed by atoms with E-state index in [2.05, 4.69) is 5.32 Å². The monoisotopic (exact) mass is 398 g/mol. The summed E-state index contributed by atoms with van der Waals surface area (Å²) in [4.78, 5) is 26.3. The van der Waals surface area contributed by atoms with Gasteiger partial charge in [0, 0.05) is 31.8 Å². The molecule has 2 fully saturated rings. The number of carbonyl (C=O) groups is 2. The number of piperidine rings is 1. The molecule has 6 heteroatoms. The van der Waals surface area contributed by atoms with E-state index < -0.39 is 11.6 Å². The van der Waals surface area contributed by atoms with Crippen LogP contribution in [0.2, 0.25) is 0 Å². The molecule has 0 unspecified atom stereocenters. The Labute approximate surface area is 168 Å². The van der Waals surface area contributed by atoms with Gasteiger partial charge in [0.15, 0.2) is 0 Å². The fourth-order valence-electron chi connectivity index (χ4n) is 4.42. The number of likely N-dealkylation sites (tertiary alicyclic amines) is 1. The van der Waals surface area contributed by atoms with Crippen LogP contribution in [0.5, 0.6) is 0 Å². The molecule has 1 saturated carbocycles. The number of nitrogens with one attached hydrogen (secondary N) is 1. The number of halogens is 2. The predicted octanol–water partition coefficient (Wildman–Crippen LogP) is 4.61. The van der Waals surface area contributed by atoms with E-state index in [0.29, 0.717) is 35.8 Å². The van der Waals surface area contributed by atoms with Gasteiger partial charge in [-0.05, 0) is 67.0 Å². The van der Waals surface area contributed by atoms with Crippen molar-refractivity contribution in [3.63, 3.8) is 0 Å². The van der Waals surface area contributed by atoms with Crippen LogP contribution in [0.15, 0.2) is 42.5 Å². The maximum absolute atomic E-state index is 13.4. The second-order valence-corrected chi connectivity index (χ2v) is 8.13. The van der Waals surface area contributed by atoms with Crippen LogP contribution in [-0.2, 0) is 9.59 Å². The van der Waals surface area contributed by atoms with Crippen molar-refractivity contribution in [2.24, 2.45) is 11.3 Å². The standard InChI is InChI=1S/C23H24F2N2O2/c1-15(28)27-10-6-18(7-11-27)23(8-9-23)22(29)26-21-4-2-16(3-5-21)17-12-19(24)14-20(25)13-17/h2-5,12-14,18H,6-11H2,1H3,(H,26,29). The summed E-state index contributed by atoms with van der Waals surface area (Å²) >= 11 is 0. The molecule has 1 aliphatic heterocycles. The van der Waals surface area contributed by atoms with Gasteiger partial charge in [-0.2, -0.15) is 0 Å². The number of nitrogens with zero attached hydrogens (tertiary/aromatic N) is 1. The van der Waals surface area contributed by atoms with E-state index in [0.717, 1.165) is 31.7 Å². The summed E-state index contributed by atoms with van der Waals surface area (Å²) in [6, 6.07) is 10.4. The van der Waals surface area contributed by atoms with E-state index >= 15 is 0 Å². The Kier molecular flexibility index (Phi) is 5.11. The van der Waals surface area contributed by atoms with Gasteiger partial charge in [-0.25, -0.2) is 8.78 Å². The zero-order valence-corrected chi connectivity index (χ0v) is 16.4. The summed E-state index contributed by atoms with van der Waals surface area (Å²) in [5.74, 6) is -0.820. The largest absolute Gasteiger partial charge is 0.343 e. The molecule has 0 aromatic heterocycles. The molecule has 29 heavy (non-hydrogen) atoms. The summed E-state index contributed by atoms with van der Waals surface area (Å²) < 4.78 is 26.9. The normalized spacial score (nSPS) is 18.4. The molecule has 2 aliphatic rings. The van der Waals surface area contributed by atoms with Crippen molar-refractivity contribution in [2.75, 3.05) is 18.4 Å². The predicted molar refractivity (Wildman–Crippen MR) is 107 cm³/mol. The Balaban J connectivity index is 1.41. The molecule has 1 N–H and O–H groups in total. The highest BCUT2D eigenvalue weighted by Gasteiger charge is 2.55. The second kappa shape index (κ2) is 7.58. The molecule has 4 nitrogen and oxygen atoms in total. The van der Waals surface area contributed by atoms with Gasteiger partial charge < -0.3 is 10.2 Å². The lowest BCUT2D eigenvalue weighted by Gasteiger charge is -2.35. The lowest BCUT2D eigenvalue weighted by molar-refractivity contribution is -0.131. The van der Waals surface area contributed by atoms with Crippen LogP contribution in [0.4, 0.5) is 14.5 Å². The highest BCUT2D eigenvalue weighted by molar-refractivity contribution is 5.97. The van der Waals surface area contributed by atoms with Gasteiger partial charge in [0.05, 0.1) is 5.41 Å². The zero-order chi connectivity index (χ0) is 20.6. The van der Waals surface area contributed by atoms with E-state index in [1.54, 1.807) is 31.2 Å². The SMILES string of the molecule is CC(=O)N1CCC(C2(C(=O)Nc3ccc(-c4cc(F)cc(F)c4)cc3)CC2)CC1. The molecule has 2 aromatic carbocycles. The maximum Gasteiger partial charge on any atom is 0.230 e. The van der Waals surface area contributed by atoms with Crippen LogP contribution >= 0.6 is 0 Å². The number of rotatable bonds is 4. The Morgan fingerprint density at radius 3 is 2.07 bits per heavy atom. The Morgan fingerprint density at radius 2 is 1.55 bits per heavy atom. The lowest BCUT2D eigenvalue weighted by Crippen LogP contribution is -2.42. The van der Waals surface area contributed by atoms with Crippen LogP contribution in [0, 0.1) is 23.0 Å². The maximum atomic E-state index is 13.4. The minimum Gasteiger partial charge on any atom is -0.343 e. The Hall–Kier alpha value is -2.76. The average molecular weight is 398 g/mol. The molecule has 0 bridgehead atoms. The number of hydrogen-bond donors (Lipinski definition) is 1. The quantitative estimate of drug-likeness (QED) is 0.818. The van der Waals surface area contributed by atoms with Crippen LogP contribution in [0.1, 0.15) is 32.6 Å². The molecule has 4 rings (SSSR count). The summed E-state index contributed by atoms with van der Waals surface area (Å²) in [6.45, 7) is 3.02. The van der Waals surface area contributed by atoms with Crippen molar-refractivity contribution in [1.29, 1.82) is 0 Å². The van der Waals surface area contributed by atoms with E-state index in [1.165, 1.54) is 12.1 Å². The van der Waals surface area contributed by atoms with E-state index in [-0.39, 0.29) is 17.2 Å². The molecule has 0 radical (unpaired) electrons. The first-order valence-corrected chi connectivity index (χ1v) is 10.0. The fourth-order valence-corrected chi connectivity index (χ4v) is 4.42. The smallest absolute Gasteiger partial charge is 0.230 e. The Morgan fingerprint density at radius 1 is 0.966 bits per heavy atom. The minimum atomic E-state index is -0.621. The lowest BCUT2D eigenvalue weighted by atomic mass is 9.80. The van der Waals surface area contributed by atoms with Crippen molar-refractivity contribution in [3.8, 4) is 11.1 Å². The Bertz CT molecular complexity index is 910. The van der Waals surface area contributed by atoms with Gasteiger partial charge in [-0.15, -0.1) is 0 Å². The molecule has 1 heterocycles. The summed E-state index contributed by atoms with van der Waals surface area (Å²) in [7, 11) is 0. The highest BCUT2D eigenvalue weighted by atomic mass is 19.1. The fraction of sp³-hybridized carbons (Fsp3) is 0.391. The van der Waals surface area contributed by atoms with Crippen LogP contribution < -0.4 is 5.32 Å². The van der Waals surface area contributed by atoms with Crippen molar-refractivity contribution < 1.29 is 18.4 Å². The molecule has 1 aliphatic carbocycles. The number of hydrogen-bond acceptors (Lipinski definition) is 2. The van der Waals surface area contributed by atoms with Crippen LogP contribution in [0.25, 0.3) is 11.1 Å². The van der Waals surface area contributed by atoms with Crippen molar-refractivity contribution in [1.82, 2.24) is 4.90 Å². The number of anilines is 1. The first kappa shape index (κ1) is 19.6. The third kappa shape index (κ3) is 4.02. The first-order chi connectivity index (χ1) is 13.9. The third-order valence-electron chi connectivity index (χ3n) is 6.30. The van der Waals surface area contributed by atoms with Gasteiger partial charge in [-0.3, -0.25) is 9.59 Å². The second-order valence-electron chi connectivity index (χ2n) is 8.13. The van der Waals surface area contributed by atoms with Crippen molar-refractivity contribution >= 4 is 17.5 Å². The van der Waals surface area contributed by atoms with Crippen LogP contribution in [-0.4, -0.2) is 29.8 Å². The molecule has 0 spiro atoms. The van der Waals surface area contributed by atoms with Crippen LogP contribution in [0.3, 0.4) is 0 Å². The van der Waals surface area contributed by atoms with Gasteiger partial charge in [-0.1, -0.05) is 12.1 Å². The third-order valence-corrected chi connectivity index (χ3v) is 6.30. The van der Waals surface area contributed by atoms with Gasteiger partial charge >= 0.3 is 0 Å². The van der Waals surface area contributed by atoms with Gasteiger partial charge in [0.2, 0.25) is 11.8 Å². The summed E-state index contributed by atoms with van der Waals surface area (Å²) in [6.07, 6.45) is 3.47. The molecule has 2 aromatic rings. The minimum absolute atomic E-state index is 0.0309. The molecular weight excluding hydrogens is 374 g/mol. The van der Waals surface area contributed by atoms with E-state index in [9.17, 15) is 18.4 Å². The topological polar surface area (TPSA) is 49.4 Å². The molecule has 1 saturated heterocycles. The summed E-state index contributed by atoms with van der Waals surface area (Å²) in [5.41, 5.74) is 1.48. The average Bonchev–Trinajstić information content (AvgIpc) is 3.50. The van der Waals surface area contributed by atoms with Crippen molar-refractivity contribution in [3.05, 3.63) is 54.1 Å². The number of benzene rings is 2. The molecular formula is C23H24F2N2O2.